The molecule has 3 heterocycles. The molecule has 0 saturated carbocycles. The zero-order valence-corrected chi connectivity index (χ0v) is 19.6. The van der Waals surface area contributed by atoms with E-state index in [1.54, 1.807) is 19.3 Å². The van der Waals surface area contributed by atoms with Gasteiger partial charge in [0.2, 0.25) is 0 Å². The van der Waals surface area contributed by atoms with E-state index in [2.05, 4.69) is 51.6 Å². The SMILES string of the molecule is CCNC(=O)Nc1nccc(CN2CCN(c3ccc(C(=O)NC)nc3C)CC2)c1Br. The highest BCUT2D eigenvalue weighted by Gasteiger charge is 2.21. The summed E-state index contributed by atoms with van der Waals surface area (Å²) in [4.78, 5) is 37.0. The molecule has 0 bridgehead atoms. The molecule has 3 rings (SSSR count). The molecule has 2 aromatic heterocycles. The van der Waals surface area contributed by atoms with Crippen LogP contribution < -0.4 is 20.9 Å². The Morgan fingerprint density at radius 2 is 1.90 bits per heavy atom. The lowest BCUT2D eigenvalue weighted by Crippen LogP contribution is -2.46. The largest absolute Gasteiger partial charge is 0.368 e. The molecule has 31 heavy (non-hydrogen) atoms. The quantitative estimate of drug-likeness (QED) is 0.575. The molecule has 0 spiro atoms. The summed E-state index contributed by atoms with van der Waals surface area (Å²) in [7, 11) is 1.60. The second-order valence-electron chi connectivity index (χ2n) is 7.26. The number of hydrogen-bond acceptors (Lipinski definition) is 6. The molecule has 1 saturated heterocycles. The van der Waals surface area contributed by atoms with Gasteiger partial charge in [0.15, 0.2) is 0 Å². The third-order valence-electron chi connectivity index (χ3n) is 5.16. The Labute approximate surface area is 190 Å². The van der Waals surface area contributed by atoms with E-state index in [0.29, 0.717) is 18.1 Å². The summed E-state index contributed by atoms with van der Waals surface area (Å²) in [6.45, 7) is 8.64. The van der Waals surface area contributed by atoms with Crippen LogP contribution in [-0.2, 0) is 6.54 Å². The van der Waals surface area contributed by atoms with Crippen molar-refractivity contribution in [3.8, 4) is 0 Å². The van der Waals surface area contributed by atoms with Gasteiger partial charge in [-0.05, 0) is 53.5 Å². The number of nitrogens with zero attached hydrogens (tertiary/aromatic N) is 4. The summed E-state index contributed by atoms with van der Waals surface area (Å²) < 4.78 is 0.800. The molecule has 166 valence electrons. The van der Waals surface area contributed by atoms with E-state index in [9.17, 15) is 9.59 Å². The predicted molar refractivity (Wildman–Crippen MR) is 124 cm³/mol. The average Bonchev–Trinajstić information content (AvgIpc) is 2.76. The highest BCUT2D eigenvalue weighted by molar-refractivity contribution is 9.10. The third kappa shape index (κ3) is 5.71. The van der Waals surface area contributed by atoms with Crippen molar-refractivity contribution in [1.29, 1.82) is 0 Å². The number of carbonyl (C=O) groups is 2. The van der Waals surface area contributed by atoms with Crippen molar-refractivity contribution in [2.45, 2.75) is 20.4 Å². The number of anilines is 2. The fourth-order valence-electron chi connectivity index (χ4n) is 3.54. The standard InChI is InChI=1S/C21H28BrN7O2/c1-4-24-21(31)27-19-18(22)15(7-8-25-19)13-28-9-11-29(12-10-28)17-6-5-16(20(30)23-3)26-14(17)2/h5-8H,4,9-13H2,1-3H3,(H,23,30)(H2,24,25,27,31). The van der Waals surface area contributed by atoms with Crippen LogP contribution in [-0.4, -0.2) is 66.6 Å². The molecular formula is C21H28BrN7O2. The molecule has 1 aliphatic heterocycles. The van der Waals surface area contributed by atoms with Crippen molar-refractivity contribution in [3.05, 3.63) is 45.8 Å². The summed E-state index contributed by atoms with van der Waals surface area (Å²) >= 11 is 3.59. The second-order valence-corrected chi connectivity index (χ2v) is 8.05. The Hall–Kier alpha value is -2.72. The highest BCUT2D eigenvalue weighted by atomic mass is 79.9. The van der Waals surface area contributed by atoms with Gasteiger partial charge in [0.25, 0.3) is 5.91 Å². The van der Waals surface area contributed by atoms with Crippen LogP contribution in [0.15, 0.2) is 28.9 Å². The summed E-state index contributed by atoms with van der Waals surface area (Å²) in [6, 6.07) is 5.43. The van der Waals surface area contributed by atoms with Crippen molar-refractivity contribution in [1.82, 2.24) is 25.5 Å². The normalized spacial score (nSPS) is 14.3. The highest BCUT2D eigenvalue weighted by Crippen LogP contribution is 2.26. The molecule has 3 N–H and O–H groups in total. The number of hydrogen-bond donors (Lipinski definition) is 3. The number of pyridine rings is 2. The van der Waals surface area contributed by atoms with Gasteiger partial charge in [-0.2, -0.15) is 0 Å². The van der Waals surface area contributed by atoms with Gasteiger partial charge in [-0.15, -0.1) is 0 Å². The van der Waals surface area contributed by atoms with Gasteiger partial charge in [-0.1, -0.05) is 0 Å². The van der Waals surface area contributed by atoms with Crippen molar-refractivity contribution >= 4 is 39.4 Å². The van der Waals surface area contributed by atoms with E-state index in [0.717, 1.165) is 54.1 Å². The Morgan fingerprint density at radius 3 is 2.55 bits per heavy atom. The first kappa shape index (κ1) is 23.0. The van der Waals surface area contributed by atoms with Crippen LogP contribution in [0.2, 0.25) is 0 Å². The third-order valence-corrected chi connectivity index (χ3v) is 6.05. The van der Waals surface area contributed by atoms with Gasteiger partial charge in [-0.3, -0.25) is 15.0 Å². The second kappa shape index (κ2) is 10.5. The molecular weight excluding hydrogens is 462 g/mol. The first-order valence-electron chi connectivity index (χ1n) is 10.3. The van der Waals surface area contributed by atoms with Crippen LogP contribution >= 0.6 is 15.9 Å². The maximum absolute atomic E-state index is 11.8. The Balaban J connectivity index is 1.61. The topological polar surface area (TPSA) is 102 Å². The lowest BCUT2D eigenvalue weighted by molar-refractivity contribution is 0.0958. The van der Waals surface area contributed by atoms with Gasteiger partial charge >= 0.3 is 6.03 Å². The lowest BCUT2D eigenvalue weighted by atomic mass is 10.2. The van der Waals surface area contributed by atoms with E-state index < -0.39 is 0 Å². The van der Waals surface area contributed by atoms with Crippen LogP contribution in [0.25, 0.3) is 0 Å². The maximum atomic E-state index is 11.8. The van der Waals surface area contributed by atoms with Crippen LogP contribution in [0.1, 0.15) is 28.7 Å². The van der Waals surface area contributed by atoms with Gasteiger partial charge in [0.1, 0.15) is 11.5 Å². The Morgan fingerprint density at radius 1 is 1.16 bits per heavy atom. The molecule has 2 aromatic rings. The van der Waals surface area contributed by atoms with Gasteiger partial charge in [0.05, 0.1) is 15.9 Å². The number of urea groups is 1. The van der Waals surface area contributed by atoms with Crippen molar-refractivity contribution in [3.63, 3.8) is 0 Å². The van der Waals surface area contributed by atoms with Crippen LogP contribution in [0.4, 0.5) is 16.3 Å². The monoisotopic (exact) mass is 489 g/mol. The number of aromatic nitrogens is 2. The van der Waals surface area contributed by atoms with Crippen LogP contribution in [0.5, 0.6) is 0 Å². The minimum Gasteiger partial charge on any atom is -0.368 e. The number of halogens is 1. The van der Waals surface area contributed by atoms with E-state index in [4.69, 9.17) is 0 Å². The summed E-state index contributed by atoms with van der Waals surface area (Å²) in [5, 5.41) is 8.08. The number of nitrogens with one attached hydrogen (secondary N) is 3. The molecule has 0 unspecified atom stereocenters. The number of carbonyl (C=O) groups excluding carboxylic acids is 2. The maximum Gasteiger partial charge on any atom is 0.320 e. The smallest absolute Gasteiger partial charge is 0.320 e. The zero-order chi connectivity index (χ0) is 22.4. The van der Waals surface area contributed by atoms with E-state index in [-0.39, 0.29) is 11.9 Å². The van der Waals surface area contributed by atoms with Gasteiger partial charge in [-0.25, -0.2) is 14.8 Å². The Kier molecular flexibility index (Phi) is 7.80. The number of aryl methyl sites for hydroxylation is 1. The van der Waals surface area contributed by atoms with E-state index in [1.807, 2.05) is 26.0 Å². The summed E-state index contributed by atoms with van der Waals surface area (Å²) in [5.41, 5.74) is 3.42. The van der Waals surface area contributed by atoms with Crippen molar-refractivity contribution < 1.29 is 9.59 Å². The Bertz CT molecular complexity index is 945. The number of piperazine rings is 1. The van der Waals surface area contributed by atoms with Gasteiger partial charge in [0, 0.05) is 52.5 Å². The van der Waals surface area contributed by atoms with Crippen LogP contribution in [0, 0.1) is 6.92 Å². The van der Waals surface area contributed by atoms with E-state index >= 15 is 0 Å². The molecule has 0 aromatic carbocycles. The molecule has 0 atom stereocenters. The zero-order valence-electron chi connectivity index (χ0n) is 18.0. The van der Waals surface area contributed by atoms with Crippen molar-refractivity contribution in [2.24, 2.45) is 0 Å². The minimum atomic E-state index is -0.270. The fourth-order valence-corrected chi connectivity index (χ4v) is 3.99. The predicted octanol–water partition coefficient (Wildman–Crippen LogP) is 2.37. The minimum absolute atomic E-state index is 0.177. The molecule has 0 aliphatic carbocycles. The molecule has 1 aliphatic rings. The van der Waals surface area contributed by atoms with E-state index in [1.165, 1.54) is 0 Å². The molecule has 0 radical (unpaired) electrons. The number of rotatable bonds is 6. The summed E-state index contributed by atoms with van der Waals surface area (Å²) in [5.74, 6) is 0.337. The average molecular weight is 490 g/mol. The van der Waals surface area contributed by atoms with Crippen LogP contribution in [0.3, 0.4) is 0 Å². The number of amides is 3. The molecule has 9 nitrogen and oxygen atoms in total. The summed E-state index contributed by atoms with van der Waals surface area (Å²) in [6.07, 6.45) is 1.71. The first-order valence-corrected chi connectivity index (χ1v) is 11.1. The van der Waals surface area contributed by atoms with Crippen molar-refractivity contribution in [2.75, 3.05) is 50.0 Å². The fraction of sp³-hybridized carbons (Fsp3) is 0.429. The first-order chi connectivity index (χ1) is 14.9. The van der Waals surface area contributed by atoms with Gasteiger partial charge < -0.3 is 15.5 Å². The molecule has 10 heteroatoms. The molecule has 1 fully saturated rings. The lowest BCUT2D eigenvalue weighted by Gasteiger charge is -2.36. The molecule has 3 amide bonds.